The van der Waals surface area contributed by atoms with Crippen LogP contribution in [0.5, 0.6) is 0 Å². The van der Waals surface area contributed by atoms with Crippen LogP contribution in [0.1, 0.15) is 39.5 Å². The van der Waals surface area contributed by atoms with Crippen LogP contribution in [-0.4, -0.2) is 48.1 Å². The zero-order chi connectivity index (χ0) is 12.3. The molecule has 2 nitrogen and oxygen atoms in total. The van der Waals surface area contributed by atoms with Gasteiger partial charge < -0.3 is 5.32 Å². The van der Waals surface area contributed by atoms with E-state index in [0.29, 0.717) is 6.04 Å². The smallest absolute Gasteiger partial charge is 0.0218 e. The molecule has 1 N–H and O–H groups in total. The van der Waals surface area contributed by atoms with Crippen molar-refractivity contribution in [2.75, 3.05) is 25.9 Å². The Labute approximate surface area is 111 Å². The van der Waals surface area contributed by atoms with E-state index in [0.717, 1.165) is 17.2 Å². The first-order chi connectivity index (χ1) is 8.22. The van der Waals surface area contributed by atoms with Gasteiger partial charge in [0.2, 0.25) is 0 Å². The van der Waals surface area contributed by atoms with Crippen LogP contribution in [0.4, 0.5) is 0 Å². The van der Waals surface area contributed by atoms with Gasteiger partial charge in [0.05, 0.1) is 0 Å². The summed E-state index contributed by atoms with van der Waals surface area (Å²) in [6.07, 6.45) is 8.04. The molecule has 17 heavy (non-hydrogen) atoms. The van der Waals surface area contributed by atoms with Crippen molar-refractivity contribution in [2.24, 2.45) is 5.92 Å². The lowest BCUT2D eigenvalue weighted by molar-refractivity contribution is 0.106. The van der Waals surface area contributed by atoms with Gasteiger partial charge in [0.15, 0.2) is 0 Å². The predicted molar refractivity (Wildman–Crippen MR) is 77.8 cm³/mol. The van der Waals surface area contributed by atoms with E-state index in [2.05, 4.69) is 42.1 Å². The van der Waals surface area contributed by atoms with Crippen LogP contribution in [0.15, 0.2) is 0 Å². The number of hydrogen-bond acceptors (Lipinski definition) is 3. The van der Waals surface area contributed by atoms with Crippen molar-refractivity contribution in [3.05, 3.63) is 0 Å². The molecular formula is C14H28N2S. The summed E-state index contributed by atoms with van der Waals surface area (Å²) in [5.74, 6) is 0.758. The van der Waals surface area contributed by atoms with Gasteiger partial charge in [0.1, 0.15) is 0 Å². The lowest BCUT2D eigenvalue weighted by Crippen LogP contribution is -2.58. The first kappa shape index (κ1) is 13.7. The Morgan fingerprint density at radius 2 is 2.00 bits per heavy atom. The average molecular weight is 256 g/mol. The zero-order valence-corrected chi connectivity index (χ0v) is 12.4. The van der Waals surface area contributed by atoms with E-state index < -0.39 is 0 Å². The average Bonchev–Trinajstić information content (AvgIpc) is 2.39. The lowest BCUT2D eigenvalue weighted by Gasteiger charge is -2.44. The van der Waals surface area contributed by atoms with Gasteiger partial charge in [-0.2, -0.15) is 11.8 Å². The monoisotopic (exact) mass is 256 g/mol. The van der Waals surface area contributed by atoms with Gasteiger partial charge in [-0.15, -0.1) is 0 Å². The van der Waals surface area contributed by atoms with Crippen molar-refractivity contribution in [1.82, 2.24) is 10.2 Å². The molecule has 0 amide bonds. The maximum atomic E-state index is 3.67. The molecule has 0 aromatic rings. The minimum atomic E-state index is 0.702. The molecule has 1 aliphatic heterocycles. The van der Waals surface area contributed by atoms with E-state index in [-0.39, 0.29) is 0 Å². The molecule has 1 saturated carbocycles. The van der Waals surface area contributed by atoms with Gasteiger partial charge in [-0.05, 0) is 25.0 Å². The Morgan fingerprint density at radius 1 is 1.24 bits per heavy atom. The van der Waals surface area contributed by atoms with Gasteiger partial charge in [0.25, 0.3) is 0 Å². The third-order valence-corrected chi connectivity index (χ3v) is 5.64. The van der Waals surface area contributed by atoms with Crippen molar-refractivity contribution < 1.29 is 0 Å². The van der Waals surface area contributed by atoms with E-state index in [1.54, 1.807) is 0 Å². The Hall–Kier alpha value is 0.270. The van der Waals surface area contributed by atoms with E-state index in [1.165, 1.54) is 45.3 Å². The topological polar surface area (TPSA) is 15.3 Å². The molecule has 3 unspecified atom stereocenters. The van der Waals surface area contributed by atoms with Crippen LogP contribution in [0.2, 0.25) is 0 Å². The number of thioether (sulfide) groups is 1. The Kier molecular flexibility index (Phi) is 5.19. The molecule has 3 atom stereocenters. The molecule has 1 heterocycles. The highest BCUT2D eigenvalue weighted by molar-refractivity contribution is 7.99. The van der Waals surface area contributed by atoms with Crippen LogP contribution < -0.4 is 5.32 Å². The second-order valence-corrected chi connectivity index (χ2v) is 7.00. The second kappa shape index (κ2) is 6.44. The first-order valence-electron chi connectivity index (χ1n) is 7.22. The fraction of sp³-hybridized carbons (Fsp3) is 1.00. The maximum Gasteiger partial charge on any atom is 0.0218 e. The van der Waals surface area contributed by atoms with E-state index in [4.69, 9.17) is 0 Å². The van der Waals surface area contributed by atoms with Gasteiger partial charge in [0, 0.05) is 37.0 Å². The lowest BCUT2D eigenvalue weighted by atomic mass is 9.91. The molecule has 1 aliphatic carbocycles. The molecule has 0 bridgehead atoms. The molecule has 3 heteroatoms. The standard InChI is InChI=1S/C14H28N2S/c1-11(2)12-10-16(9-8-15-12)13-6-4-5-7-14(13)17-3/h11-15H,4-10H2,1-3H3. The molecule has 100 valence electrons. The quantitative estimate of drug-likeness (QED) is 0.835. The summed E-state index contributed by atoms with van der Waals surface area (Å²) in [5, 5.41) is 4.56. The van der Waals surface area contributed by atoms with Crippen LogP contribution in [0, 0.1) is 5.92 Å². The maximum absolute atomic E-state index is 3.67. The summed E-state index contributed by atoms with van der Waals surface area (Å²) >= 11 is 2.10. The molecule has 2 fully saturated rings. The minimum Gasteiger partial charge on any atom is -0.311 e. The molecule has 0 aromatic carbocycles. The second-order valence-electron chi connectivity index (χ2n) is 5.93. The molecule has 2 aliphatic rings. The summed E-state index contributed by atoms with van der Waals surface area (Å²) in [4.78, 5) is 2.78. The number of nitrogens with zero attached hydrogens (tertiary/aromatic N) is 1. The normalized spacial score (nSPS) is 36.4. The van der Waals surface area contributed by atoms with Crippen LogP contribution in [0.3, 0.4) is 0 Å². The molecule has 1 saturated heterocycles. The molecule has 0 radical (unpaired) electrons. The van der Waals surface area contributed by atoms with Crippen LogP contribution >= 0.6 is 11.8 Å². The SMILES string of the molecule is CSC1CCCCC1N1CCNC(C(C)C)C1. The molecule has 2 rings (SSSR count). The van der Waals surface area contributed by atoms with Gasteiger partial charge in [-0.3, -0.25) is 4.90 Å². The summed E-state index contributed by atoms with van der Waals surface area (Å²) in [6, 6.07) is 1.55. The highest BCUT2D eigenvalue weighted by Crippen LogP contribution is 2.31. The van der Waals surface area contributed by atoms with Crippen molar-refractivity contribution >= 4 is 11.8 Å². The largest absolute Gasteiger partial charge is 0.311 e. The third-order valence-electron chi connectivity index (χ3n) is 4.48. The van der Waals surface area contributed by atoms with Gasteiger partial charge in [-0.25, -0.2) is 0 Å². The number of rotatable bonds is 3. The van der Waals surface area contributed by atoms with Crippen molar-refractivity contribution in [1.29, 1.82) is 0 Å². The number of nitrogens with one attached hydrogen (secondary N) is 1. The zero-order valence-electron chi connectivity index (χ0n) is 11.6. The molecule has 0 spiro atoms. The molecular weight excluding hydrogens is 228 g/mol. The molecule has 0 aromatic heterocycles. The van der Waals surface area contributed by atoms with E-state index in [9.17, 15) is 0 Å². The van der Waals surface area contributed by atoms with Crippen LogP contribution in [-0.2, 0) is 0 Å². The highest BCUT2D eigenvalue weighted by Gasteiger charge is 2.32. The van der Waals surface area contributed by atoms with E-state index >= 15 is 0 Å². The van der Waals surface area contributed by atoms with Gasteiger partial charge >= 0.3 is 0 Å². The van der Waals surface area contributed by atoms with E-state index in [1.807, 2.05) is 0 Å². The fourth-order valence-electron chi connectivity index (χ4n) is 3.32. The minimum absolute atomic E-state index is 0.702. The van der Waals surface area contributed by atoms with Gasteiger partial charge in [-0.1, -0.05) is 26.7 Å². The summed E-state index contributed by atoms with van der Waals surface area (Å²) in [7, 11) is 0. The predicted octanol–water partition coefficient (Wildman–Crippen LogP) is 2.59. The fourth-order valence-corrected chi connectivity index (χ4v) is 4.34. The number of piperazine rings is 1. The highest BCUT2D eigenvalue weighted by atomic mass is 32.2. The van der Waals surface area contributed by atoms with Crippen molar-refractivity contribution in [2.45, 2.75) is 56.9 Å². The number of hydrogen-bond donors (Lipinski definition) is 1. The summed E-state index contributed by atoms with van der Waals surface area (Å²) < 4.78 is 0. The Bertz CT molecular complexity index is 232. The third kappa shape index (κ3) is 3.39. The summed E-state index contributed by atoms with van der Waals surface area (Å²) in [6.45, 7) is 8.38. The van der Waals surface area contributed by atoms with Crippen molar-refractivity contribution in [3.63, 3.8) is 0 Å². The summed E-state index contributed by atoms with van der Waals surface area (Å²) in [5.41, 5.74) is 0. The van der Waals surface area contributed by atoms with Crippen molar-refractivity contribution in [3.8, 4) is 0 Å². The Balaban J connectivity index is 1.95. The first-order valence-corrected chi connectivity index (χ1v) is 8.51. The Morgan fingerprint density at radius 3 is 2.71 bits per heavy atom. The van der Waals surface area contributed by atoms with Crippen LogP contribution in [0.25, 0.3) is 0 Å².